The first-order valence-electron chi connectivity index (χ1n) is 34.7. The minimum absolute atomic E-state index is 0.0835. The fourth-order valence-corrected chi connectivity index (χ4v) is 11.2. The molecule has 0 bridgehead atoms. The van der Waals surface area contributed by atoms with Crippen LogP contribution in [0.15, 0.2) is 24.3 Å². The molecule has 7 atom stereocenters. The van der Waals surface area contributed by atoms with E-state index in [0.717, 1.165) is 121 Å². The summed E-state index contributed by atoms with van der Waals surface area (Å²) in [6.45, 7) is 11.7. The van der Waals surface area contributed by atoms with Gasteiger partial charge >= 0.3 is 39.5 Å². The highest BCUT2D eigenvalue weighted by molar-refractivity contribution is 7.47. The van der Waals surface area contributed by atoms with Gasteiger partial charge in [0, 0.05) is 25.7 Å². The second-order valence-corrected chi connectivity index (χ2v) is 27.7. The third kappa shape index (κ3) is 59.6. The van der Waals surface area contributed by atoms with Gasteiger partial charge in [-0.25, -0.2) is 9.13 Å². The van der Waals surface area contributed by atoms with Crippen LogP contribution in [-0.4, -0.2) is 96.7 Å². The van der Waals surface area contributed by atoms with E-state index in [9.17, 15) is 43.2 Å². The zero-order valence-electron chi connectivity index (χ0n) is 56.0. The molecule has 0 fully saturated rings. The average Bonchev–Trinajstić information content (AvgIpc) is 3.52. The Morgan fingerprint density at radius 2 is 0.678 bits per heavy atom. The lowest BCUT2D eigenvalue weighted by atomic mass is 9.99. The maximum atomic E-state index is 13.0. The number of unbranched alkanes of at least 4 members (excludes halogenated alkanes) is 27. The van der Waals surface area contributed by atoms with Crippen LogP contribution in [-0.2, 0) is 65.4 Å². The van der Waals surface area contributed by atoms with Crippen LogP contribution in [0, 0.1) is 17.8 Å². The van der Waals surface area contributed by atoms with Gasteiger partial charge in [-0.3, -0.25) is 37.3 Å². The van der Waals surface area contributed by atoms with E-state index in [-0.39, 0.29) is 25.7 Å². The Kier molecular flexibility index (Phi) is 57.0. The number of esters is 4. The molecule has 0 aromatic heterocycles. The van der Waals surface area contributed by atoms with E-state index in [0.29, 0.717) is 31.6 Å². The molecule has 0 rings (SSSR count). The predicted molar refractivity (Wildman–Crippen MR) is 349 cm³/mol. The smallest absolute Gasteiger partial charge is 0.462 e. The van der Waals surface area contributed by atoms with Crippen molar-refractivity contribution in [3.63, 3.8) is 0 Å². The molecule has 19 heteroatoms. The highest BCUT2D eigenvalue weighted by Gasteiger charge is 2.30. The molecular formula is C68H128O17P2. The molecule has 5 unspecified atom stereocenters. The largest absolute Gasteiger partial charge is 0.472 e. The van der Waals surface area contributed by atoms with Gasteiger partial charge in [0.15, 0.2) is 12.2 Å². The zero-order chi connectivity index (χ0) is 64.5. The minimum atomic E-state index is -4.96. The first-order valence-corrected chi connectivity index (χ1v) is 37.7. The van der Waals surface area contributed by atoms with Gasteiger partial charge in [0.2, 0.25) is 0 Å². The van der Waals surface area contributed by atoms with E-state index in [2.05, 4.69) is 72.8 Å². The number of aliphatic hydroxyl groups is 1. The summed E-state index contributed by atoms with van der Waals surface area (Å²) in [5, 5.41) is 10.6. The number of phosphoric ester groups is 2. The molecule has 0 aliphatic carbocycles. The van der Waals surface area contributed by atoms with Gasteiger partial charge < -0.3 is 33.8 Å². The molecule has 3 N–H and O–H groups in total. The number of carbonyl (C=O) groups is 4. The van der Waals surface area contributed by atoms with E-state index in [4.69, 9.17) is 37.0 Å². The maximum absolute atomic E-state index is 13.0. The molecular weight excluding hydrogens is 1150 g/mol. The van der Waals surface area contributed by atoms with Crippen molar-refractivity contribution in [2.75, 3.05) is 39.6 Å². The average molecular weight is 1280 g/mol. The summed E-state index contributed by atoms with van der Waals surface area (Å²) in [7, 11) is -9.91. The number of phosphoric acid groups is 2. The Balaban J connectivity index is 5.29. The molecule has 0 aliphatic rings. The molecule has 0 heterocycles. The Morgan fingerprint density at radius 3 is 1.02 bits per heavy atom. The monoisotopic (exact) mass is 1280 g/mol. The second kappa shape index (κ2) is 58.6. The van der Waals surface area contributed by atoms with Gasteiger partial charge in [0.1, 0.15) is 19.3 Å². The number of allylic oxidation sites excluding steroid dienone is 4. The quantitative estimate of drug-likeness (QED) is 0.0169. The SMILES string of the molecule is CCCCCC/C=C\C=C/CCCCCCCC(=O)O[C@H](COC(=O)CCCCCCCCCC(C)C)COP(=O)(O)OCC(O)COP(=O)(O)OC[C@@H](COC(=O)CCCCCCCCCCC(C)CC)OC(=O)CCCCCCCCC(C)CC. The first kappa shape index (κ1) is 84.5. The van der Waals surface area contributed by atoms with Gasteiger partial charge in [-0.15, -0.1) is 0 Å². The summed E-state index contributed by atoms with van der Waals surface area (Å²) < 4.78 is 68.1. The molecule has 0 saturated carbocycles. The second-order valence-electron chi connectivity index (χ2n) is 24.8. The minimum Gasteiger partial charge on any atom is -0.462 e. The summed E-state index contributed by atoms with van der Waals surface area (Å²) in [5.74, 6) is 0.0315. The zero-order valence-corrected chi connectivity index (χ0v) is 57.7. The van der Waals surface area contributed by atoms with Crippen LogP contribution < -0.4 is 0 Å². The van der Waals surface area contributed by atoms with Gasteiger partial charge in [0.25, 0.3) is 0 Å². The number of ether oxygens (including phenoxy) is 4. The summed E-state index contributed by atoms with van der Waals surface area (Å²) in [6.07, 6.45) is 44.0. The summed E-state index contributed by atoms with van der Waals surface area (Å²) in [6, 6.07) is 0. The van der Waals surface area contributed by atoms with Crippen molar-refractivity contribution in [1.82, 2.24) is 0 Å². The van der Waals surface area contributed by atoms with E-state index in [1.165, 1.54) is 103 Å². The topological polar surface area (TPSA) is 237 Å². The van der Waals surface area contributed by atoms with Crippen molar-refractivity contribution < 1.29 is 80.2 Å². The van der Waals surface area contributed by atoms with Crippen LogP contribution in [0.2, 0.25) is 0 Å². The highest BCUT2D eigenvalue weighted by Crippen LogP contribution is 2.45. The van der Waals surface area contributed by atoms with E-state index < -0.39 is 97.5 Å². The van der Waals surface area contributed by atoms with E-state index >= 15 is 0 Å². The lowest BCUT2D eigenvalue weighted by Crippen LogP contribution is -2.30. The molecule has 0 spiro atoms. The van der Waals surface area contributed by atoms with Gasteiger partial charge in [0.05, 0.1) is 26.4 Å². The van der Waals surface area contributed by atoms with Gasteiger partial charge in [-0.2, -0.15) is 0 Å². The standard InChI is InChI=1S/C68H128O17P2/c1-8-11-12-13-14-15-16-17-18-19-20-21-28-37-44-51-67(72)84-63(55-79-66(71)50-43-36-29-24-25-32-39-46-59(4)5)57-82-86(74,75)80-53-62(69)54-81-87(76,77)83-58-64(85-68(73)52-45-38-31-30-34-41-48-61(7)10-3)56-78-65(70)49-42-35-27-23-22-26-33-40-47-60(6)9-2/h15-18,59-64,69H,8-14,19-58H2,1-7H3,(H,74,75)(H,76,77)/b16-15-,18-17-/t60?,61?,62?,63-,64-/m1/s1. The van der Waals surface area contributed by atoms with Gasteiger partial charge in [-0.1, -0.05) is 259 Å². The third-order valence-corrected chi connectivity index (χ3v) is 17.6. The first-order chi connectivity index (χ1) is 41.8. The molecule has 0 aromatic carbocycles. The Labute approximate surface area is 529 Å². The molecule has 0 saturated heterocycles. The number of aliphatic hydroxyl groups excluding tert-OH is 1. The molecule has 0 aromatic rings. The summed E-state index contributed by atoms with van der Waals surface area (Å²) in [4.78, 5) is 72.4. The fourth-order valence-electron chi connectivity index (χ4n) is 9.58. The number of hydrogen-bond donors (Lipinski definition) is 3. The molecule has 17 nitrogen and oxygen atoms in total. The van der Waals surface area contributed by atoms with Crippen molar-refractivity contribution in [3.05, 3.63) is 24.3 Å². The molecule has 0 amide bonds. The molecule has 0 aliphatic heterocycles. The molecule has 0 radical (unpaired) electrons. The van der Waals surface area contributed by atoms with Crippen molar-refractivity contribution >= 4 is 39.5 Å². The normalized spacial score (nSPS) is 15.1. The van der Waals surface area contributed by atoms with Crippen molar-refractivity contribution in [2.24, 2.45) is 17.8 Å². The van der Waals surface area contributed by atoms with Crippen molar-refractivity contribution in [1.29, 1.82) is 0 Å². The number of carbonyl (C=O) groups excluding carboxylic acids is 4. The predicted octanol–water partition coefficient (Wildman–Crippen LogP) is 18.6. The van der Waals surface area contributed by atoms with Crippen LogP contribution >= 0.6 is 15.6 Å². The van der Waals surface area contributed by atoms with Gasteiger partial charge in [-0.05, 0) is 69.1 Å². The van der Waals surface area contributed by atoms with Crippen LogP contribution in [0.5, 0.6) is 0 Å². The molecule has 87 heavy (non-hydrogen) atoms. The van der Waals surface area contributed by atoms with E-state index in [1.54, 1.807) is 0 Å². The van der Waals surface area contributed by atoms with Crippen molar-refractivity contribution in [3.8, 4) is 0 Å². The lowest BCUT2D eigenvalue weighted by molar-refractivity contribution is -0.161. The Bertz CT molecular complexity index is 1810. The lowest BCUT2D eigenvalue weighted by Gasteiger charge is -2.21. The summed E-state index contributed by atoms with van der Waals surface area (Å²) in [5.41, 5.74) is 0. The summed E-state index contributed by atoms with van der Waals surface area (Å²) >= 11 is 0. The Morgan fingerprint density at radius 1 is 0.379 bits per heavy atom. The van der Waals surface area contributed by atoms with E-state index in [1.807, 2.05) is 0 Å². The third-order valence-electron chi connectivity index (χ3n) is 15.7. The maximum Gasteiger partial charge on any atom is 0.472 e. The fraction of sp³-hybridized carbons (Fsp3) is 0.882. The van der Waals surface area contributed by atoms with Crippen LogP contribution in [0.25, 0.3) is 0 Å². The van der Waals surface area contributed by atoms with Crippen LogP contribution in [0.1, 0.15) is 312 Å². The Hall–Kier alpha value is -2.46. The van der Waals surface area contributed by atoms with Crippen molar-refractivity contribution in [2.45, 2.75) is 330 Å². The molecule has 512 valence electrons. The highest BCUT2D eigenvalue weighted by atomic mass is 31.2. The van der Waals surface area contributed by atoms with Crippen LogP contribution in [0.4, 0.5) is 0 Å². The number of hydrogen-bond acceptors (Lipinski definition) is 15. The number of rotatable bonds is 64. The van der Waals surface area contributed by atoms with Crippen LogP contribution in [0.3, 0.4) is 0 Å².